The molecule has 4 atom stereocenters. The summed E-state index contributed by atoms with van der Waals surface area (Å²) in [6, 6.07) is 12.0. The van der Waals surface area contributed by atoms with Crippen LogP contribution in [-0.4, -0.2) is 39.8 Å². The molecule has 31 heavy (non-hydrogen) atoms. The van der Waals surface area contributed by atoms with Crippen molar-refractivity contribution in [3.63, 3.8) is 0 Å². The molecule has 2 aromatic carbocycles. The summed E-state index contributed by atoms with van der Waals surface area (Å²) in [5, 5.41) is 24.5. The van der Waals surface area contributed by atoms with Gasteiger partial charge in [-0.3, -0.25) is 4.90 Å². The van der Waals surface area contributed by atoms with Gasteiger partial charge in [-0.25, -0.2) is 0 Å². The molecule has 1 saturated heterocycles. The van der Waals surface area contributed by atoms with Gasteiger partial charge in [0.2, 0.25) is 0 Å². The Kier molecular flexibility index (Phi) is 2.91. The monoisotopic (exact) mass is 415 g/mol. The van der Waals surface area contributed by atoms with Gasteiger partial charge in [0, 0.05) is 35.5 Å². The van der Waals surface area contributed by atoms with Crippen LogP contribution < -0.4 is 4.74 Å². The van der Waals surface area contributed by atoms with E-state index in [0.717, 1.165) is 59.7 Å². The highest BCUT2D eigenvalue weighted by atomic mass is 16.5. The lowest BCUT2D eigenvalue weighted by Gasteiger charge is -2.62. The number of nitrogens with zero attached hydrogens (tertiary/aromatic N) is 1. The highest BCUT2D eigenvalue weighted by Gasteiger charge is 2.73. The minimum atomic E-state index is -0.948. The first-order valence-electron chi connectivity index (χ1n) is 11.6. The number of para-hydroxylation sites is 1. The van der Waals surface area contributed by atoms with Gasteiger partial charge in [-0.05, 0) is 55.8 Å². The molecule has 3 aliphatic carbocycles. The number of ether oxygens (including phenoxy) is 1. The Balaban J connectivity index is 1.43. The summed E-state index contributed by atoms with van der Waals surface area (Å²) in [4.78, 5) is 2.56. The predicted octanol–water partition coefficient (Wildman–Crippen LogP) is 3.84. The Labute approximate surface area is 180 Å². The average Bonchev–Trinajstić information content (AvgIpc) is 3.40. The molecule has 5 nitrogen and oxygen atoms in total. The second-order valence-corrected chi connectivity index (χ2v) is 10.4. The molecule has 2 fully saturated rings. The van der Waals surface area contributed by atoms with Crippen LogP contribution in [0.5, 0.6) is 11.5 Å². The van der Waals surface area contributed by atoms with E-state index in [1.807, 2.05) is 24.3 Å². The third-order valence-electron chi connectivity index (χ3n) is 8.93. The Morgan fingerprint density at radius 1 is 1.13 bits per heavy atom. The van der Waals surface area contributed by atoms with Crippen LogP contribution in [0.1, 0.15) is 47.8 Å². The molecule has 1 spiro atoms. The second-order valence-electron chi connectivity index (χ2n) is 10.4. The Morgan fingerprint density at radius 2 is 2.00 bits per heavy atom. The highest BCUT2D eigenvalue weighted by Crippen LogP contribution is 2.69. The molecular weight excluding hydrogens is 390 g/mol. The zero-order valence-corrected chi connectivity index (χ0v) is 17.3. The fraction of sp³-hybridized carbons (Fsp3) is 0.462. The number of phenols is 1. The zero-order chi connectivity index (χ0) is 20.5. The first-order valence-corrected chi connectivity index (χ1v) is 11.6. The van der Waals surface area contributed by atoms with Gasteiger partial charge in [-0.2, -0.15) is 0 Å². The number of aromatic hydroxyl groups is 1. The summed E-state index contributed by atoms with van der Waals surface area (Å²) in [7, 11) is 0. The summed E-state index contributed by atoms with van der Waals surface area (Å²) in [6.45, 7) is 2.03. The van der Waals surface area contributed by atoms with Crippen LogP contribution in [0.2, 0.25) is 0 Å². The summed E-state index contributed by atoms with van der Waals surface area (Å²) in [6.07, 6.45) is 4.40. The largest absolute Gasteiger partial charge is 0.504 e. The number of furan rings is 1. The van der Waals surface area contributed by atoms with E-state index in [9.17, 15) is 10.2 Å². The number of benzene rings is 2. The van der Waals surface area contributed by atoms with Gasteiger partial charge < -0.3 is 19.4 Å². The van der Waals surface area contributed by atoms with Crippen LogP contribution in [0.3, 0.4) is 0 Å². The number of rotatable bonds is 2. The summed E-state index contributed by atoms with van der Waals surface area (Å²) in [5.41, 5.74) is 2.65. The number of aliphatic hydroxyl groups is 1. The Morgan fingerprint density at radius 3 is 2.87 bits per heavy atom. The number of phenolic OH excluding ortho intramolecular Hbond substituents is 1. The van der Waals surface area contributed by atoms with Crippen LogP contribution in [0.15, 0.2) is 40.8 Å². The number of likely N-dealkylation sites (tertiary alicyclic amines) is 1. The van der Waals surface area contributed by atoms with Gasteiger partial charge in [0.15, 0.2) is 17.6 Å². The first kappa shape index (κ1) is 17.1. The minimum Gasteiger partial charge on any atom is -0.504 e. The average molecular weight is 415 g/mol. The van der Waals surface area contributed by atoms with E-state index in [-0.39, 0.29) is 11.8 Å². The Hall–Kier alpha value is -2.50. The normalized spacial score (nSPS) is 35.0. The molecule has 3 aromatic rings. The van der Waals surface area contributed by atoms with Crippen LogP contribution in [0.4, 0.5) is 0 Å². The van der Waals surface area contributed by atoms with Crippen molar-refractivity contribution < 1.29 is 19.4 Å². The van der Waals surface area contributed by atoms with Crippen molar-refractivity contribution in [2.45, 2.75) is 55.3 Å². The fourth-order valence-corrected chi connectivity index (χ4v) is 7.42. The van der Waals surface area contributed by atoms with Crippen LogP contribution in [0, 0.1) is 5.92 Å². The maximum atomic E-state index is 12.7. The van der Waals surface area contributed by atoms with Crippen LogP contribution in [-0.2, 0) is 18.3 Å². The molecule has 1 aromatic heterocycles. The van der Waals surface area contributed by atoms with Gasteiger partial charge in [-0.15, -0.1) is 0 Å². The molecule has 1 unspecified atom stereocenters. The van der Waals surface area contributed by atoms with E-state index in [2.05, 4.69) is 11.0 Å². The van der Waals surface area contributed by atoms with Crippen molar-refractivity contribution >= 4 is 11.0 Å². The van der Waals surface area contributed by atoms with Gasteiger partial charge in [-0.1, -0.05) is 24.3 Å². The molecule has 0 radical (unpaired) electrons. The van der Waals surface area contributed by atoms with Crippen molar-refractivity contribution in [1.29, 1.82) is 0 Å². The molecule has 3 heterocycles. The fourth-order valence-electron chi connectivity index (χ4n) is 7.42. The zero-order valence-electron chi connectivity index (χ0n) is 17.3. The molecule has 1 saturated carbocycles. The standard InChI is InChI=1S/C26H25NO4/c28-18-8-7-15-11-20-26(29)12-17-16-3-1-2-4-19(16)30-22(17)24-25(26,21(15)23(18)31-24)9-10-27(20)13-14-5-6-14/h1-4,7-8,14,20,24,28-29H,5-6,9-13H2/t20-,24?,25-,26+/m0/s1. The van der Waals surface area contributed by atoms with E-state index in [1.54, 1.807) is 6.07 Å². The maximum absolute atomic E-state index is 12.7. The van der Waals surface area contributed by atoms with E-state index in [0.29, 0.717) is 12.2 Å². The lowest BCUT2D eigenvalue weighted by molar-refractivity contribution is -0.175. The molecule has 2 N–H and O–H groups in total. The SMILES string of the molecule is Oc1ccc2c3c1OC1c4oc5ccccc5c4C[C@@]4(O)[C@H](C2)N(CC2CC2)CC[C@]314. The summed E-state index contributed by atoms with van der Waals surface area (Å²) < 4.78 is 12.9. The van der Waals surface area contributed by atoms with Gasteiger partial charge in [0.1, 0.15) is 11.3 Å². The highest BCUT2D eigenvalue weighted by molar-refractivity contribution is 5.84. The van der Waals surface area contributed by atoms with Crippen LogP contribution >= 0.6 is 0 Å². The smallest absolute Gasteiger partial charge is 0.169 e. The molecule has 5 aliphatic rings. The van der Waals surface area contributed by atoms with E-state index in [4.69, 9.17) is 9.15 Å². The lowest BCUT2D eigenvalue weighted by atomic mass is 9.49. The summed E-state index contributed by atoms with van der Waals surface area (Å²) >= 11 is 0. The van der Waals surface area contributed by atoms with Gasteiger partial charge in [0.25, 0.3) is 0 Å². The molecule has 5 heteroatoms. The number of fused-ring (bicyclic) bond motifs is 4. The number of piperidine rings is 1. The van der Waals surface area contributed by atoms with Crippen molar-refractivity contribution in [1.82, 2.24) is 4.90 Å². The minimum absolute atomic E-state index is 0.0535. The topological polar surface area (TPSA) is 66.1 Å². The van der Waals surface area contributed by atoms with Gasteiger partial charge >= 0.3 is 0 Å². The van der Waals surface area contributed by atoms with Crippen molar-refractivity contribution in [3.8, 4) is 11.5 Å². The third-order valence-corrected chi connectivity index (χ3v) is 8.93. The number of hydrogen-bond donors (Lipinski definition) is 2. The van der Waals surface area contributed by atoms with Crippen molar-refractivity contribution in [2.24, 2.45) is 5.92 Å². The number of hydrogen-bond acceptors (Lipinski definition) is 5. The Bertz CT molecular complexity index is 1280. The van der Waals surface area contributed by atoms with E-state index in [1.165, 1.54) is 18.4 Å². The predicted molar refractivity (Wildman–Crippen MR) is 114 cm³/mol. The summed E-state index contributed by atoms with van der Waals surface area (Å²) in [5.74, 6) is 2.34. The van der Waals surface area contributed by atoms with Gasteiger partial charge in [0.05, 0.1) is 11.0 Å². The first-order chi connectivity index (χ1) is 15.1. The quantitative estimate of drug-likeness (QED) is 0.666. The van der Waals surface area contributed by atoms with E-state index < -0.39 is 17.1 Å². The van der Waals surface area contributed by atoms with Crippen LogP contribution in [0.25, 0.3) is 11.0 Å². The molecule has 2 bridgehead atoms. The van der Waals surface area contributed by atoms with Crippen molar-refractivity contribution in [3.05, 3.63) is 58.8 Å². The maximum Gasteiger partial charge on any atom is 0.169 e. The second kappa shape index (κ2) is 5.28. The molecule has 158 valence electrons. The molecule has 2 aliphatic heterocycles. The van der Waals surface area contributed by atoms with Crippen molar-refractivity contribution in [2.75, 3.05) is 13.1 Å². The third kappa shape index (κ3) is 1.84. The molecular formula is C26H25NO4. The van der Waals surface area contributed by atoms with E-state index >= 15 is 0 Å². The molecule has 0 amide bonds. The molecule has 8 rings (SSSR count). The lowest BCUT2D eigenvalue weighted by Crippen LogP contribution is -2.74.